The quantitative estimate of drug-likeness (QED) is 0.288. The van der Waals surface area contributed by atoms with Crippen LogP contribution >= 0.6 is 27.5 Å². The summed E-state index contributed by atoms with van der Waals surface area (Å²) in [6.07, 6.45) is 1.63. The van der Waals surface area contributed by atoms with Crippen molar-refractivity contribution in [1.82, 2.24) is 0 Å². The molecule has 1 aliphatic heterocycles. The zero-order valence-corrected chi connectivity index (χ0v) is 18.3. The van der Waals surface area contributed by atoms with Crippen LogP contribution in [0.15, 0.2) is 63.7 Å². The molecule has 0 spiro atoms. The first-order valence-corrected chi connectivity index (χ1v) is 10.1. The highest BCUT2D eigenvalue weighted by Crippen LogP contribution is 2.38. The first-order valence-electron chi connectivity index (χ1n) is 8.90. The van der Waals surface area contributed by atoms with Crippen LogP contribution in [-0.4, -0.2) is 25.1 Å². The van der Waals surface area contributed by atoms with Gasteiger partial charge >= 0.3 is 5.97 Å². The molecular formula is C22H19BrClNO4. The summed E-state index contributed by atoms with van der Waals surface area (Å²) in [5, 5.41) is 0.459. The zero-order chi connectivity index (χ0) is 21.0. The number of carbonyl (C=O) groups is 1. The van der Waals surface area contributed by atoms with E-state index in [1.807, 2.05) is 19.9 Å². The van der Waals surface area contributed by atoms with Crippen molar-refractivity contribution in [2.24, 2.45) is 4.99 Å². The van der Waals surface area contributed by atoms with Gasteiger partial charge in [0.05, 0.1) is 21.7 Å². The molecule has 0 atom stereocenters. The topological polar surface area (TPSA) is 57.1 Å². The highest BCUT2D eigenvalue weighted by atomic mass is 79.9. The molecule has 0 saturated carbocycles. The van der Waals surface area contributed by atoms with Crippen LogP contribution in [0, 0.1) is 0 Å². The van der Waals surface area contributed by atoms with Gasteiger partial charge in [-0.25, -0.2) is 9.79 Å². The number of carbonyl (C=O) groups excluding carboxylic acids is 1. The van der Waals surface area contributed by atoms with Crippen molar-refractivity contribution in [3.8, 4) is 11.5 Å². The van der Waals surface area contributed by atoms with Crippen molar-refractivity contribution in [3.05, 3.63) is 74.9 Å². The monoisotopic (exact) mass is 475 g/mol. The molecule has 0 unspecified atom stereocenters. The molecule has 0 radical (unpaired) electrons. The Bertz CT molecular complexity index is 1030. The van der Waals surface area contributed by atoms with Gasteiger partial charge in [0, 0.05) is 0 Å². The maximum atomic E-state index is 12.3. The largest absolute Gasteiger partial charge is 0.490 e. The van der Waals surface area contributed by atoms with Crippen LogP contribution < -0.4 is 9.47 Å². The molecule has 0 amide bonds. The van der Waals surface area contributed by atoms with Crippen molar-refractivity contribution >= 4 is 45.5 Å². The number of nitrogens with zero attached hydrogens (tertiary/aromatic N) is 1. The van der Waals surface area contributed by atoms with Gasteiger partial charge in [-0.3, -0.25) is 0 Å². The van der Waals surface area contributed by atoms with E-state index >= 15 is 0 Å². The second-order valence-corrected chi connectivity index (χ2v) is 7.59. The number of cyclic esters (lactones) is 1. The molecule has 0 bridgehead atoms. The summed E-state index contributed by atoms with van der Waals surface area (Å²) in [6, 6.07) is 10.7. The van der Waals surface area contributed by atoms with E-state index in [0.717, 1.165) is 5.57 Å². The molecule has 0 aromatic heterocycles. The number of hydrogen-bond donors (Lipinski definition) is 0. The van der Waals surface area contributed by atoms with Crippen LogP contribution in [-0.2, 0) is 9.53 Å². The average Bonchev–Trinajstić information content (AvgIpc) is 3.01. The number of aliphatic imine (C=N–C) groups is 1. The van der Waals surface area contributed by atoms with E-state index in [0.29, 0.717) is 45.3 Å². The van der Waals surface area contributed by atoms with Gasteiger partial charge in [0.2, 0.25) is 5.90 Å². The summed E-state index contributed by atoms with van der Waals surface area (Å²) in [5.41, 5.74) is 2.33. The average molecular weight is 477 g/mol. The molecule has 5 nitrogen and oxygen atoms in total. The minimum absolute atomic E-state index is 0.171. The van der Waals surface area contributed by atoms with Gasteiger partial charge in [0.25, 0.3) is 0 Å². The lowest BCUT2D eigenvalue weighted by Gasteiger charge is -2.14. The minimum Gasteiger partial charge on any atom is -0.490 e. The number of benzene rings is 2. The fourth-order valence-electron chi connectivity index (χ4n) is 2.59. The Morgan fingerprint density at radius 2 is 2.07 bits per heavy atom. The molecule has 1 heterocycles. The van der Waals surface area contributed by atoms with Crippen molar-refractivity contribution in [1.29, 1.82) is 0 Å². The molecule has 29 heavy (non-hydrogen) atoms. The SMILES string of the molecule is C=C(C)COc1c(Br)cc(/C=C2\N=C(c3ccccc3Cl)OC2=O)cc1OCC. The molecule has 3 rings (SSSR count). The number of rotatable bonds is 7. The van der Waals surface area contributed by atoms with E-state index < -0.39 is 5.97 Å². The minimum atomic E-state index is -0.545. The third-order valence-electron chi connectivity index (χ3n) is 3.82. The second kappa shape index (κ2) is 9.29. The lowest BCUT2D eigenvalue weighted by molar-refractivity contribution is -0.129. The van der Waals surface area contributed by atoms with Crippen LogP contribution in [0.1, 0.15) is 25.0 Å². The fraction of sp³-hybridized carbons (Fsp3) is 0.182. The van der Waals surface area contributed by atoms with Crippen molar-refractivity contribution < 1.29 is 19.0 Å². The molecule has 2 aromatic rings. The Morgan fingerprint density at radius 3 is 2.76 bits per heavy atom. The van der Waals surface area contributed by atoms with E-state index in [9.17, 15) is 4.79 Å². The van der Waals surface area contributed by atoms with Gasteiger partial charge in [0.1, 0.15) is 6.61 Å². The second-order valence-electron chi connectivity index (χ2n) is 6.32. The van der Waals surface area contributed by atoms with Crippen LogP contribution in [0.3, 0.4) is 0 Å². The summed E-state index contributed by atoms with van der Waals surface area (Å²) in [6.45, 7) is 8.45. The summed E-state index contributed by atoms with van der Waals surface area (Å²) in [4.78, 5) is 16.6. The lowest BCUT2D eigenvalue weighted by atomic mass is 10.1. The van der Waals surface area contributed by atoms with E-state index in [2.05, 4.69) is 27.5 Å². The zero-order valence-electron chi connectivity index (χ0n) is 16.0. The number of hydrogen-bond acceptors (Lipinski definition) is 5. The molecule has 0 N–H and O–H groups in total. The fourth-order valence-corrected chi connectivity index (χ4v) is 3.38. The maximum absolute atomic E-state index is 12.3. The Hall–Kier alpha value is -2.57. The van der Waals surface area contributed by atoms with Crippen molar-refractivity contribution in [2.75, 3.05) is 13.2 Å². The first-order chi connectivity index (χ1) is 13.9. The number of ether oxygens (including phenoxy) is 3. The molecule has 150 valence electrons. The summed E-state index contributed by atoms with van der Waals surface area (Å²) in [7, 11) is 0. The Kier molecular flexibility index (Phi) is 6.77. The third-order valence-corrected chi connectivity index (χ3v) is 4.74. The first kappa shape index (κ1) is 21.1. The molecule has 0 aliphatic carbocycles. The predicted octanol–water partition coefficient (Wildman–Crippen LogP) is 5.80. The molecule has 0 fully saturated rings. The molecule has 7 heteroatoms. The van der Waals surface area contributed by atoms with E-state index in [4.69, 9.17) is 25.8 Å². The highest BCUT2D eigenvalue weighted by molar-refractivity contribution is 9.10. The molecule has 0 saturated heterocycles. The standard InChI is InChI=1S/C22H19BrClNO4/c1-4-27-19-11-14(9-16(23)20(19)28-12-13(2)3)10-18-22(26)29-21(25-18)15-7-5-6-8-17(15)24/h5-11H,2,4,12H2,1,3H3/b18-10-. The Labute approximate surface area is 182 Å². The van der Waals surface area contributed by atoms with Crippen LogP contribution in [0.2, 0.25) is 5.02 Å². The van der Waals surface area contributed by atoms with Gasteiger partial charge in [0.15, 0.2) is 17.2 Å². The summed E-state index contributed by atoms with van der Waals surface area (Å²) < 4.78 is 17.5. The Morgan fingerprint density at radius 1 is 1.31 bits per heavy atom. The van der Waals surface area contributed by atoms with Gasteiger partial charge in [-0.2, -0.15) is 0 Å². The van der Waals surface area contributed by atoms with Crippen LogP contribution in [0.25, 0.3) is 6.08 Å². The summed E-state index contributed by atoms with van der Waals surface area (Å²) >= 11 is 9.68. The predicted molar refractivity (Wildman–Crippen MR) is 118 cm³/mol. The van der Waals surface area contributed by atoms with E-state index in [1.165, 1.54) is 0 Å². The van der Waals surface area contributed by atoms with Crippen molar-refractivity contribution in [2.45, 2.75) is 13.8 Å². The van der Waals surface area contributed by atoms with Gasteiger partial charge in [-0.05, 0) is 71.3 Å². The molecule has 2 aromatic carbocycles. The van der Waals surface area contributed by atoms with Gasteiger partial charge in [-0.15, -0.1) is 0 Å². The van der Waals surface area contributed by atoms with Gasteiger partial charge < -0.3 is 14.2 Å². The van der Waals surface area contributed by atoms with Crippen LogP contribution in [0.4, 0.5) is 0 Å². The Balaban J connectivity index is 1.96. The smallest absolute Gasteiger partial charge is 0.363 e. The lowest BCUT2D eigenvalue weighted by Crippen LogP contribution is -2.05. The third kappa shape index (κ3) is 5.08. The molecular weight excluding hydrogens is 458 g/mol. The summed E-state index contributed by atoms with van der Waals surface area (Å²) in [5.74, 6) is 0.761. The normalized spacial score (nSPS) is 14.6. The maximum Gasteiger partial charge on any atom is 0.363 e. The van der Waals surface area contributed by atoms with E-state index in [-0.39, 0.29) is 11.6 Å². The number of halogens is 2. The molecule has 1 aliphatic rings. The van der Waals surface area contributed by atoms with E-state index in [1.54, 1.807) is 36.4 Å². The van der Waals surface area contributed by atoms with Gasteiger partial charge in [-0.1, -0.05) is 30.3 Å². The van der Waals surface area contributed by atoms with Crippen LogP contribution in [0.5, 0.6) is 11.5 Å². The van der Waals surface area contributed by atoms with Crippen molar-refractivity contribution in [3.63, 3.8) is 0 Å². The number of esters is 1. The highest BCUT2D eigenvalue weighted by Gasteiger charge is 2.25.